The number of halogens is 1. The van der Waals surface area contributed by atoms with E-state index in [1.807, 2.05) is 0 Å². The minimum atomic E-state index is -0.0366. The van der Waals surface area contributed by atoms with Crippen molar-refractivity contribution in [2.24, 2.45) is 5.73 Å². The fourth-order valence-corrected chi connectivity index (χ4v) is 1.01. The van der Waals surface area contributed by atoms with Gasteiger partial charge in [-0.1, -0.05) is 11.3 Å². The highest BCUT2D eigenvalue weighted by atomic mass is 35.5. The van der Waals surface area contributed by atoms with E-state index in [1.54, 1.807) is 5.38 Å². The molecule has 1 aromatic heterocycles. The minimum Gasteiger partial charge on any atom is -0.325 e. The van der Waals surface area contributed by atoms with E-state index >= 15 is 0 Å². The molecule has 1 rings (SSSR count). The topological polar surface area (TPSA) is 58.9 Å². The maximum absolute atomic E-state index is 10.4. The lowest BCUT2D eigenvalue weighted by molar-refractivity contribution is 1.00. The van der Waals surface area contributed by atoms with Crippen LogP contribution in [0.3, 0.4) is 0 Å². The molecule has 5 heteroatoms. The second kappa shape index (κ2) is 3.66. The SMILES string of the molecule is Cl.NCc1csc(=O)[nH]1. The van der Waals surface area contributed by atoms with Crippen molar-refractivity contribution in [3.05, 3.63) is 20.7 Å². The normalized spacial score (nSPS) is 8.56. The van der Waals surface area contributed by atoms with Crippen molar-refractivity contribution >= 4 is 23.7 Å². The molecule has 0 aliphatic heterocycles. The maximum atomic E-state index is 10.4. The molecule has 0 atom stereocenters. The fraction of sp³-hybridized carbons (Fsp3) is 0.250. The van der Waals surface area contributed by atoms with Crippen LogP contribution in [0.5, 0.6) is 0 Å². The summed E-state index contributed by atoms with van der Waals surface area (Å²) < 4.78 is 0. The molecule has 0 fully saturated rings. The highest BCUT2D eigenvalue weighted by Gasteiger charge is 1.88. The quantitative estimate of drug-likeness (QED) is 0.631. The summed E-state index contributed by atoms with van der Waals surface area (Å²) in [5.74, 6) is 0. The molecule has 9 heavy (non-hydrogen) atoms. The van der Waals surface area contributed by atoms with Crippen LogP contribution in [0.4, 0.5) is 0 Å². The fourth-order valence-electron chi connectivity index (χ4n) is 0.414. The Morgan fingerprint density at radius 1 is 1.78 bits per heavy atom. The van der Waals surface area contributed by atoms with Crippen molar-refractivity contribution in [1.29, 1.82) is 0 Å². The zero-order chi connectivity index (χ0) is 5.98. The van der Waals surface area contributed by atoms with Crippen molar-refractivity contribution in [3.63, 3.8) is 0 Å². The van der Waals surface area contributed by atoms with Crippen LogP contribution in [0.2, 0.25) is 0 Å². The van der Waals surface area contributed by atoms with Gasteiger partial charge >= 0.3 is 4.87 Å². The summed E-state index contributed by atoms with van der Waals surface area (Å²) in [4.78, 5) is 12.9. The largest absolute Gasteiger partial charge is 0.325 e. The average Bonchev–Trinajstić information content (AvgIpc) is 2.14. The van der Waals surface area contributed by atoms with Crippen LogP contribution in [0, 0.1) is 0 Å². The summed E-state index contributed by atoms with van der Waals surface area (Å²) >= 11 is 1.14. The number of thiazole rings is 1. The summed E-state index contributed by atoms with van der Waals surface area (Å²) in [5, 5.41) is 1.72. The molecule has 0 bridgehead atoms. The minimum absolute atomic E-state index is 0. The van der Waals surface area contributed by atoms with Crippen LogP contribution in [0.25, 0.3) is 0 Å². The molecule has 1 heterocycles. The van der Waals surface area contributed by atoms with E-state index in [-0.39, 0.29) is 17.3 Å². The molecule has 0 saturated heterocycles. The molecule has 3 nitrogen and oxygen atoms in total. The summed E-state index contributed by atoms with van der Waals surface area (Å²) in [6, 6.07) is 0. The summed E-state index contributed by atoms with van der Waals surface area (Å²) in [6.07, 6.45) is 0. The Balaban J connectivity index is 0.000000640. The van der Waals surface area contributed by atoms with Crippen molar-refractivity contribution in [1.82, 2.24) is 4.98 Å². The molecule has 0 saturated carbocycles. The van der Waals surface area contributed by atoms with Crippen LogP contribution < -0.4 is 10.6 Å². The molecule has 0 aliphatic rings. The number of aromatic nitrogens is 1. The van der Waals surface area contributed by atoms with Crippen LogP contribution in [0.1, 0.15) is 5.69 Å². The third-order valence-electron chi connectivity index (χ3n) is 0.791. The smallest absolute Gasteiger partial charge is 0.304 e. The number of hydrogen-bond acceptors (Lipinski definition) is 3. The van der Waals surface area contributed by atoms with E-state index in [2.05, 4.69) is 4.98 Å². The third-order valence-corrected chi connectivity index (χ3v) is 1.51. The summed E-state index contributed by atoms with van der Waals surface area (Å²) in [5.41, 5.74) is 6.01. The van der Waals surface area contributed by atoms with Gasteiger partial charge in [0.05, 0.1) is 0 Å². The van der Waals surface area contributed by atoms with Gasteiger partial charge in [-0.25, -0.2) is 0 Å². The lowest BCUT2D eigenvalue weighted by Crippen LogP contribution is -2.00. The Labute approximate surface area is 62.3 Å². The van der Waals surface area contributed by atoms with Crippen LogP contribution in [0.15, 0.2) is 10.2 Å². The van der Waals surface area contributed by atoms with E-state index in [1.165, 1.54) is 0 Å². The summed E-state index contributed by atoms with van der Waals surface area (Å²) in [7, 11) is 0. The predicted molar refractivity (Wildman–Crippen MR) is 40.1 cm³/mol. The first-order valence-electron chi connectivity index (χ1n) is 2.19. The second-order valence-corrected chi connectivity index (χ2v) is 2.22. The monoisotopic (exact) mass is 166 g/mol. The second-order valence-electron chi connectivity index (χ2n) is 1.38. The molecule has 0 spiro atoms. The van der Waals surface area contributed by atoms with Crippen molar-refractivity contribution in [2.75, 3.05) is 0 Å². The van der Waals surface area contributed by atoms with Gasteiger partial charge in [-0.15, -0.1) is 12.4 Å². The number of nitrogens with one attached hydrogen (secondary N) is 1. The van der Waals surface area contributed by atoms with Crippen LogP contribution >= 0.6 is 23.7 Å². The Kier molecular flexibility index (Phi) is 3.53. The molecule has 0 unspecified atom stereocenters. The molecule has 0 amide bonds. The predicted octanol–water partition coefficient (Wildman–Crippen LogP) is 0.317. The van der Waals surface area contributed by atoms with Crippen molar-refractivity contribution < 1.29 is 0 Å². The molecule has 0 aromatic carbocycles. The molecule has 52 valence electrons. The standard InChI is InChI=1S/C4H6N2OS.ClH/c5-1-3-2-8-4(7)6-3;/h2H,1,5H2,(H,6,7);1H. The van der Waals surface area contributed by atoms with Crippen molar-refractivity contribution in [3.8, 4) is 0 Å². The molecular formula is C4H7ClN2OS. The van der Waals surface area contributed by atoms with Crippen molar-refractivity contribution in [2.45, 2.75) is 6.54 Å². The van der Waals surface area contributed by atoms with E-state index in [0.717, 1.165) is 17.0 Å². The molecule has 0 aliphatic carbocycles. The number of rotatable bonds is 1. The van der Waals surface area contributed by atoms with E-state index in [9.17, 15) is 4.79 Å². The first-order chi connectivity index (χ1) is 3.83. The highest BCUT2D eigenvalue weighted by molar-refractivity contribution is 7.07. The first-order valence-corrected chi connectivity index (χ1v) is 3.07. The highest BCUT2D eigenvalue weighted by Crippen LogP contribution is 1.91. The summed E-state index contributed by atoms with van der Waals surface area (Å²) in [6.45, 7) is 0.415. The van der Waals surface area contributed by atoms with Gasteiger partial charge in [-0.3, -0.25) is 4.79 Å². The molecule has 3 N–H and O–H groups in total. The van der Waals surface area contributed by atoms with E-state index < -0.39 is 0 Å². The Hall–Kier alpha value is -0.320. The number of nitrogens with two attached hydrogens (primary N) is 1. The number of hydrogen-bond donors (Lipinski definition) is 2. The van der Waals surface area contributed by atoms with Crippen LogP contribution in [-0.2, 0) is 6.54 Å². The van der Waals surface area contributed by atoms with Gasteiger partial charge in [-0.05, 0) is 0 Å². The average molecular weight is 167 g/mol. The van der Waals surface area contributed by atoms with Gasteiger partial charge in [-0.2, -0.15) is 0 Å². The first kappa shape index (κ1) is 8.68. The third kappa shape index (κ3) is 2.17. The maximum Gasteiger partial charge on any atom is 0.304 e. The van der Waals surface area contributed by atoms with Gasteiger partial charge in [0, 0.05) is 17.6 Å². The zero-order valence-electron chi connectivity index (χ0n) is 4.59. The number of H-pyrrole nitrogens is 1. The van der Waals surface area contributed by atoms with Gasteiger partial charge < -0.3 is 10.7 Å². The van der Waals surface area contributed by atoms with E-state index in [4.69, 9.17) is 5.73 Å². The Bertz CT molecular complexity index is 218. The number of aromatic amines is 1. The van der Waals surface area contributed by atoms with Gasteiger partial charge in [0.1, 0.15) is 0 Å². The molecule has 1 aromatic rings. The zero-order valence-corrected chi connectivity index (χ0v) is 6.22. The van der Waals surface area contributed by atoms with Gasteiger partial charge in [0.15, 0.2) is 0 Å². The lowest BCUT2D eigenvalue weighted by atomic mass is 10.5. The molecule has 0 radical (unpaired) electrons. The van der Waals surface area contributed by atoms with Gasteiger partial charge in [0.25, 0.3) is 0 Å². The Morgan fingerprint density at radius 3 is 2.67 bits per heavy atom. The molecular weight excluding hydrogens is 160 g/mol. The van der Waals surface area contributed by atoms with Crippen LogP contribution in [-0.4, -0.2) is 4.98 Å². The van der Waals surface area contributed by atoms with E-state index in [0.29, 0.717) is 6.54 Å². The lowest BCUT2D eigenvalue weighted by Gasteiger charge is -1.80. The Morgan fingerprint density at radius 2 is 2.44 bits per heavy atom. The van der Waals surface area contributed by atoms with Gasteiger partial charge in [0.2, 0.25) is 0 Å².